The van der Waals surface area contributed by atoms with Crippen molar-refractivity contribution >= 4 is 54.4 Å². The number of thioether (sulfide) groups is 1. The summed E-state index contributed by atoms with van der Waals surface area (Å²) in [5.41, 5.74) is 0.743. The molecule has 0 aliphatic carbocycles. The van der Waals surface area contributed by atoms with E-state index < -0.39 is 10.0 Å². The van der Waals surface area contributed by atoms with Crippen molar-refractivity contribution in [3.05, 3.63) is 36.4 Å². The molecule has 3 heterocycles. The van der Waals surface area contributed by atoms with E-state index in [1.165, 1.54) is 15.6 Å². The van der Waals surface area contributed by atoms with Crippen molar-refractivity contribution in [2.45, 2.75) is 22.6 Å². The van der Waals surface area contributed by atoms with Gasteiger partial charge in [-0.25, -0.2) is 13.4 Å². The highest BCUT2D eigenvalue weighted by molar-refractivity contribution is 7.98. The third-order valence-corrected chi connectivity index (χ3v) is 9.39. The fourth-order valence-corrected chi connectivity index (χ4v) is 6.74. The number of ether oxygens (including phenoxy) is 2. The Hall–Kier alpha value is -2.34. The number of aromatic nitrogens is 1. The van der Waals surface area contributed by atoms with Crippen LogP contribution in [0.15, 0.2) is 46.2 Å². The molecule has 2 aliphatic rings. The van der Waals surface area contributed by atoms with Crippen molar-refractivity contribution in [2.24, 2.45) is 5.92 Å². The van der Waals surface area contributed by atoms with Gasteiger partial charge in [0.05, 0.1) is 15.1 Å². The molecule has 1 aromatic heterocycles. The summed E-state index contributed by atoms with van der Waals surface area (Å²) in [5.74, 6) is 0.954. The molecular weight excluding hydrogens is 482 g/mol. The third kappa shape index (κ3) is 4.54. The predicted molar refractivity (Wildman–Crippen MR) is 129 cm³/mol. The Morgan fingerprint density at radius 3 is 2.45 bits per heavy atom. The third-order valence-electron chi connectivity index (χ3n) is 5.80. The maximum Gasteiger partial charge on any atom is 0.243 e. The average molecular weight is 506 g/mol. The molecule has 0 unspecified atom stereocenters. The van der Waals surface area contributed by atoms with Gasteiger partial charge in [0.2, 0.25) is 15.9 Å². The number of carbonyl (C=O) groups excluding carboxylic acids is 1. The van der Waals surface area contributed by atoms with E-state index in [1.54, 1.807) is 23.9 Å². The predicted octanol–water partition coefficient (Wildman–Crippen LogP) is 3.83. The summed E-state index contributed by atoms with van der Waals surface area (Å²) in [7, 11) is -3.56. The van der Waals surface area contributed by atoms with Gasteiger partial charge in [-0.3, -0.25) is 4.79 Å². The lowest BCUT2D eigenvalue weighted by Gasteiger charge is -2.30. The summed E-state index contributed by atoms with van der Waals surface area (Å²) in [6, 6.07) is 10.6. The standard InChI is InChI=1S/C22H23N3O5S3/c1-31-15-2-4-16(5-3-15)33(27,28)25-8-6-14(7-9-25)21(26)24-22-23-17-12-18-19(13-20(17)32-22)30-11-10-29-18/h2-5,12-14H,6-11H2,1H3,(H,23,24,26). The number of thiazole rings is 1. The van der Waals surface area contributed by atoms with E-state index in [2.05, 4.69) is 10.3 Å². The van der Waals surface area contributed by atoms with E-state index in [0.29, 0.717) is 55.8 Å². The molecule has 11 heteroatoms. The van der Waals surface area contributed by atoms with Crippen molar-refractivity contribution < 1.29 is 22.7 Å². The molecule has 0 atom stereocenters. The second kappa shape index (κ2) is 9.13. The molecule has 33 heavy (non-hydrogen) atoms. The maximum atomic E-state index is 13.0. The number of amides is 1. The van der Waals surface area contributed by atoms with Gasteiger partial charge in [-0.2, -0.15) is 4.31 Å². The van der Waals surface area contributed by atoms with Gasteiger partial charge in [0.1, 0.15) is 13.2 Å². The molecule has 3 aromatic rings. The van der Waals surface area contributed by atoms with Crippen LogP contribution in [0, 0.1) is 5.92 Å². The second-order valence-electron chi connectivity index (χ2n) is 7.83. The van der Waals surface area contributed by atoms with Gasteiger partial charge >= 0.3 is 0 Å². The Labute approximate surface area is 200 Å². The zero-order valence-corrected chi connectivity index (χ0v) is 20.4. The van der Waals surface area contributed by atoms with Crippen LogP contribution in [0.1, 0.15) is 12.8 Å². The highest BCUT2D eigenvalue weighted by Crippen LogP contribution is 2.38. The minimum Gasteiger partial charge on any atom is -0.486 e. The van der Waals surface area contributed by atoms with Crippen molar-refractivity contribution in [1.29, 1.82) is 0 Å². The van der Waals surface area contributed by atoms with Gasteiger partial charge in [0, 0.05) is 36.0 Å². The number of rotatable bonds is 5. The molecule has 1 amide bonds. The molecule has 2 aliphatic heterocycles. The smallest absolute Gasteiger partial charge is 0.243 e. The van der Waals surface area contributed by atoms with Crippen LogP contribution in [0.25, 0.3) is 10.2 Å². The average Bonchev–Trinajstić information content (AvgIpc) is 3.23. The number of carbonyl (C=O) groups is 1. The van der Waals surface area contributed by atoms with Crippen LogP contribution < -0.4 is 14.8 Å². The Bertz CT molecular complexity index is 1240. The van der Waals surface area contributed by atoms with Gasteiger partial charge in [-0.1, -0.05) is 11.3 Å². The van der Waals surface area contributed by atoms with Crippen LogP contribution in [0.2, 0.25) is 0 Å². The van der Waals surface area contributed by atoms with Gasteiger partial charge in [0.15, 0.2) is 16.6 Å². The summed E-state index contributed by atoms with van der Waals surface area (Å²) in [5, 5.41) is 3.42. The normalized spacial score (nSPS) is 17.2. The molecule has 2 aromatic carbocycles. The first-order chi connectivity index (χ1) is 15.9. The van der Waals surface area contributed by atoms with Crippen molar-refractivity contribution in [3.63, 3.8) is 0 Å². The minimum atomic E-state index is -3.56. The lowest BCUT2D eigenvalue weighted by Crippen LogP contribution is -2.41. The van der Waals surface area contributed by atoms with E-state index >= 15 is 0 Å². The number of nitrogens with zero attached hydrogens (tertiary/aromatic N) is 2. The molecule has 0 radical (unpaired) electrons. The summed E-state index contributed by atoms with van der Waals surface area (Å²) < 4.78 is 39.5. The number of benzene rings is 2. The molecule has 8 nitrogen and oxygen atoms in total. The molecule has 5 rings (SSSR count). The highest BCUT2D eigenvalue weighted by atomic mass is 32.2. The van der Waals surface area contributed by atoms with Crippen LogP contribution in [0.3, 0.4) is 0 Å². The summed E-state index contributed by atoms with van der Waals surface area (Å²) >= 11 is 2.95. The molecular formula is C22H23N3O5S3. The SMILES string of the molecule is CSc1ccc(S(=O)(=O)N2CCC(C(=O)Nc3nc4cc5c(cc4s3)OCCO5)CC2)cc1. The van der Waals surface area contributed by atoms with Crippen molar-refractivity contribution in [1.82, 2.24) is 9.29 Å². The number of anilines is 1. The number of hydrogen-bond acceptors (Lipinski definition) is 8. The number of hydrogen-bond donors (Lipinski definition) is 1. The van der Waals surface area contributed by atoms with Crippen molar-refractivity contribution in [3.8, 4) is 11.5 Å². The monoisotopic (exact) mass is 505 g/mol. The molecule has 0 spiro atoms. The molecule has 1 fully saturated rings. The topological polar surface area (TPSA) is 97.8 Å². The Morgan fingerprint density at radius 1 is 1.12 bits per heavy atom. The highest BCUT2D eigenvalue weighted by Gasteiger charge is 2.32. The number of nitrogens with one attached hydrogen (secondary N) is 1. The van der Waals surface area contributed by atoms with Crippen LogP contribution in [-0.4, -0.2) is 56.2 Å². The minimum absolute atomic E-state index is 0.132. The summed E-state index contributed by atoms with van der Waals surface area (Å²) in [6.07, 6.45) is 2.88. The summed E-state index contributed by atoms with van der Waals surface area (Å²) in [4.78, 5) is 18.6. The van der Waals surface area contributed by atoms with E-state index in [4.69, 9.17) is 9.47 Å². The largest absolute Gasteiger partial charge is 0.486 e. The molecule has 0 saturated carbocycles. The number of sulfonamides is 1. The zero-order chi connectivity index (χ0) is 23.0. The van der Waals surface area contributed by atoms with E-state index in [-0.39, 0.29) is 16.7 Å². The number of fused-ring (bicyclic) bond motifs is 2. The first-order valence-corrected chi connectivity index (χ1v) is 14.1. The van der Waals surface area contributed by atoms with E-state index in [9.17, 15) is 13.2 Å². The fourth-order valence-electron chi connectivity index (χ4n) is 3.98. The first kappa shape index (κ1) is 22.5. The molecule has 174 valence electrons. The Kier molecular flexibility index (Phi) is 6.21. The van der Waals surface area contributed by atoms with Crippen LogP contribution >= 0.6 is 23.1 Å². The van der Waals surface area contributed by atoms with Crippen molar-refractivity contribution in [2.75, 3.05) is 37.9 Å². The summed E-state index contributed by atoms with van der Waals surface area (Å²) in [6.45, 7) is 1.64. The molecule has 1 saturated heterocycles. The zero-order valence-electron chi connectivity index (χ0n) is 17.9. The Balaban J connectivity index is 1.22. The van der Waals surface area contributed by atoms with Gasteiger partial charge in [-0.05, 0) is 43.4 Å². The second-order valence-corrected chi connectivity index (χ2v) is 11.7. The Morgan fingerprint density at radius 2 is 1.79 bits per heavy atom. The lowest BCUT2D eigenvalue weighted by molar-refractivity contribution is -0.120. The maximum absolute atomic E-state index is 13.0. The fraction of sp³-hybridized carbons (Fsp3) is 0.364. The van der Waals surface area contributed by atoms with Crippen LogP contribution in [0.5, 0.6) is 11.5 Å². The molecule has 0 bridgehead atoms. The van der Waals surface area contributed by atoms with Crippen LogP contribution in [-0.2, 0) is 14.8 Å². The van der Waals surface area contributed by atoms with Gasteiger partial charge in [0.25, 0.3) is 0 Å². The van der Waals surface area contributed by atoms with Gasteiger partial charge in [-0.15, -0.1) is 11.8 Å². The van der Waals surface area contributed by atoms with E-state index in [0.717, 1.165) is 15.1 Å². The lowest BCUT2D eigenvalue weighted by atomic mass is 9.97. The van der Waals surface area contributed by atoms with Crippen LogP contribution in [0.4, 0.5) is 5.13 Å². The van der Waals surface area contributed by atoms with E-state index in [1.807, 2.05) is 30.5 Å². The number of piperidine rings is 1. The molecule has 1 N–H and O–H groups in total. The van der Waals surface area contributed by atoms with Gasteiger partial charge < -0.3 is 14.8 Å². The first-order valence-electron chi connectivity index (χ1n) is 10.6. The quantitative estimate of drug-likeness (QED) is 0.526.